The molecule has 6 heteroatoms. The molecule has 1 aromatic carbocycles. The second kappa shape index (κ2) is 7.40. The van der Waals surface area contributed by atoms with Crippen molar-refractivity contribution in [1.82, 2.24) is 20.4 Å². The molecule has 126 valence electrons. The van der Waals surface area contributed by atoms with Crippen LogP contribution in [0.3, 0.4) is 0 Å². The van der Waals surface area contributed by atoms with Gasteiger partial charge in [0.1, 0.15) is 0 Å². The van der Waals surface area contributed by atoms with Crippen molar-refractivity contribution in [3.63, 3.8) is 0 Å². The van der Waals surface area contributed by atoms with Gasteiger partial charge in [0.25, 0.3) is 0 Å². The number of carbonyl (C=O) groups is 1. The number of rotatable bonds is 4. The number of aromatic nitrogens is 2. The maximum atomic E-state index is 12.2. The molecule has 0 bridgehead atoms. The Labute approximate surface area is 142 Å². The highest BCUT2D eigenvalue weighted by atomic mass is 16.2. The van der Waals surface area contributed by atoms with E-state index in [2.05, 4.69) is 57.0 Å². The summed E-state index contributed by atoms with van der Waals surface area (Å²) in [5.74, 6) is 0.848. The van der Waals surface area contributed by atoms with Crippen LogP contribution < -0.4 is 10.6 Å². The van der Waals surface area contributed by atoms with Gasteiger partial charge in [0.05, 0.1) is 17.6 Å². The van der Waals surface area contributed by atoms with E-state index >= 15 is 0 Å². The Hall–Kier alpha value is -2.47. The summed E-state index contributed by atoms with van der Waals surface area (Å²) < 4.78 is 0. The van der Waals surface area contributed by atoms with Crippen molar-refractivity contribution in [1.29, 1.82) is 0 Å². The number of likely N-dealkylation sites (tertiary alicyclic amines) is 1. The molecule has 24 heavy (non-hydrogen) atoms. The Morgan fingerprint density at radius 3 is 2.79 bits per heavy atom. The number of hydrogen-bond acceptors (Lipinski definition) is 4. The molecule has 0 radical (unpaired) electrons. The molecule has 1 saturated heterocycles. The van der Waals surface area contributed by atoms with Crippen LogP contribution in [-0.2, 0) is 0 Å². The number of carbonyl (C=O) groups excluding carboxylic acids is 1. The molecule has 1 aromatic heterocycles. The predicted octanol–water partition coefficient (Wildman–Crippen LogP) is 2.25. The smallest absolute Gasteiger partial charge is 0.319 e. The molecule has 2 aromatic rings. The van der Waals surface area contributed by atoms with Gasteiger partial charge in [-0.1, -0.05) is 30.3 Å². The van der Waals surface area contributed by atoms with Gasteiger partial charge in [-0.15, -0.1) is 0 Å². The van der Waals surface area contributed by atoms with Crippen molar-refractivity contribution in [3.05, 3.63) is 53.9 Å². The van der Waals surface area contributed by atoms with Crippen molar-refractivity contribution in [2.24, 2.45) is 5.92 Å². The van der Waals surface area contributed by atoms with E-state index in [0.29, 0.717) is 29.8 Å². The number of nitrogens with zero attached hydrogens (tertiary/aromatic N) is 3. The second-order valence-electron chi connectivity index (χ2n) is 6.36. The van der Waals surface area contributed by atoms with Crippen LogP contribution in [0, 0.1) is 12.8 Å². The monoisotopic (exact) mass is 325 g/mol. The van der Waals surface area contributed by atoms with Gasteiger partial charge in [-0.25, -0.2) is 4.79 Å². The molecule has 0 unspecified atom stereocenters. The third kappa shape index (κ3) is 3.89. The van der Waals surface area contributed by atoms with Gasteiger partial charge in [0.15, 0.2) is 0 Å². The molecule has 6 nitrogen and oxygen atoms in total. The maximum absolute atomic E-state index is 12.2. The lowest BCUT2D eigenvalue weighted by atomic mass is 9.89. The average Bonchev–Trinajstić information content (AvgIpc) is 2.97. The molecule has 1 aliphatic heterocycles. The van der Waals surface area contributed by atoms with Crippen molar-refractivity contribution in [2.45, 2.75) is 12.8 Å². The molecule has 2 heterocycles. The van der Waals surface area contributed by atoms with E-state index in [9.17, 15) is 4.79 Å². The molecular weight excluding hydrogens is 302 g/mol. The van der Waals surface area contributed by atoms with Crippen LogP contribution >= 0.6 is 0 Å². The van der Waals surface area contributed by atoms with Gasteiger partial charge in [0, 0.05) is 25.6 Å². The van der Waals surface area contributed by atoms with Crippen molar-refractivity contribution < 1.29 is 4.79 Å². The van der Waals surface area contributed by atoms with E-state index in [0.717, 1.165) is 13.1 Å². The third-order valence-electron chi connectivity index (χ3n) is 4.53. The summed E-state index contributed by atoms with van der Waals surface area (Å²) in [7, 11) is 2.13. The summed E-state index contributed by atoms with van der Waals surface area (Å²) in [6, 6.07) is 12.1. The fraction of sp³-hybridized carbons (Fsp3) is 0.389. The van der Waals surface area contributed by atoms with Crippen LogP contribution in [0.2, 0.25) is 0 Å². The number of likely N-dealkylation sites (N-methyl/N-ethyl adjacent to an activating group) is 1. The van der Waals surface area contributed by atoms with Gasteiger partial charge >= 0.3 is 6.03 Å². The van der Waals surface area contributed by atoms with Gasteiger partial charge in [-0.3, -0.25) is 0 Å². The lowest BCUT2D eigenvalue weighted by Crippen LogP contribution is -2.35. The molecule has 3 rings (SSSR count). The standard InChI is InChI=1S/C18H23N5O/c1-13-17(8-9-20-22-13)21-18(24)19-10-15-11-23(2)12-16(15)14-6-4-3-5-7-14/h3-9,15-16H,10-12H2,1-2H3,(H2,19,20,21,24)/t15-,16+/m1/s1. The molecule has 0 aliphatic carbocycles. The number of benzene rings is 1. The Morgan fingerprint density at radius 1 is 1.25 bits per heavy atom. The minimum atomic E-state index is -0.201. The molecule has 0 saturated carbocycles. The largest absolute Gasteiger partial charge is 0.338 e. The van der Waals surface area contributed by atoms with Crippen LogP contribution in [0.1, 0.15) is 17.2 Å². The lowest BCUT2D eigenvalue weighted by Gasteiger charge is -2.19. The van der Waals surface area contributed by atoms with Crippen LogP contribution in [0.5, 0.6) is 0 Å². The van der Waals surface area contributed by atoms with E-state index in [4.69, 9.17) is 0 Å². The van der Waals surface area contributed by atoms with Gasteiger partial charge in [-0.05, 0) is 31.5 Å². The topological polar surface area (TPSA) is 70.1 Å². The molecule has 2 atom stereocenters. The highest BCUT2D eigenvalue weighted by Gasteiger charge is 2.31. The number of nitrogens with one attached hydrogen (secondary N) is 2. The van der Waals surface area contributed by atoms with Crippen LogP contribution in [0.25, 0.3) is 0 Å². The SMILES string of the molecule is Cc1nnccc1NC(=O)NC[C@@H]1CN(C)C[C@H]1c1ccccc1. The Kier molecular flexibility index (Phi) is 5.05. The number of amides is 2. The molecule has 2 N–H and O–H groups in total. The Balaban J connectivity index is 1.59. The van der Waals surface area contributed by atoms with Crippen LogP contribution in [0.4, 0.5) is 10.5 Å². The molecule has 0 spiro atoms. The molecule has 1 aliphatic rings. The average molecular weight is 325 g/mol. The summed E-state index contributed by atoms with van der Waals surface area (Å²) in [4.78, 5) is 14.5. The van der Waals surface area contributed by atoms with E-state index in [1.165, 1.54) is 5.56 Å². The van der Waals surface area contributed by atoms with E-state index in [1.54, 1.807) is 12.3 Å². The fourth-order valence-electron chi connectivity index (χ4n) is 3.30. The summed E-state index contributed by atoms with van der Waals surface area (Å²) in [6.07, 6.45) is 1.57. The first kappa shape index (κ1) is 16.4. The number of aryl methyl sites for hydroxylation is 1. The first-order valence-corrected chi connectivity index (χ1v) is 8.20. The zero-order valence-corrected chi connectivity index (χ0v) is 14.1. The summed E-state index contributed by atoms with van der Waals surface area (Å²) in [5.41, 5.74) is 2.73. The highest BCUT2D eigenvalue weighted by Crippen LogP contribution is 2.31. The Bertz CT molecular complexity index is 691. The summed E-state index contributed by atoms with van der Waals surface area (Å²) in [5, 5.41) is 13.5. The van der Waals surface area contributed by atoms with Crippen LogP contribution in [-0.4, -0.2) is 47.8 Å². The van der Waals surface area contributed by atoms with E-state index in [-0.39, 0.29) is 6.03 Å². The molecular formula is C18H23N5O. The van der Waals surface area contributed by atoms with Crippen molar-refractivity contribution >= 4 is 11.7 Å². The maximum Gasteiger partial charge on any atom is 0.319 e. The lowest BCUT2D eigenvalue weighted by molar-refractivity contribution is 0.249. The van der Waals surface area contributed by atoms with Gasteiger partial charge in [-0.2, -0.15) is 10.2 Å². The number of anilines is 1. The number of urea groups is 1. The molecule has 1 fully saturated rings. The zero-order valence-electron chi connectivity index (χ0n) is 14.1. The van der Waals surface area contributed by atoms with Gasteiger partial charge in [0.2, 0.25) is 0 Å². The third-order valence-corrected chi connectivity index (χ3v) is 4.53. The quantitative estimate of drug-likeness (QED) is 0.904. The number of hydrogen-bond donors (Lipinski definition) is 2. The highest BCUT2D eigenvalue weighted by molar-refractivity contribution is 5.89. The predicted molar refractivity (Wildman–Crippen MR) is 94.0 cm³/mol. The zero-order chi connectivity index (χ0) is 16.9. The van der Waals surface area contributed by atoms with Crippen LogP contribution in [0.15, 0.2) is 42.6 Å². The minimum Gasteiger partial charge on any atom is -0.338 e. The first-order valence-electron chi connectivity index (χ1n) is 8.20. The van der Waals surface area contributed by atoms with Gasteiger partial charge < -0.3 is 15.5 Å². The summed E-state index contributed by atoms with van der Waals surface area (Å²) >= 11 is 0. The Morgan fingerprint density at radius 2 is 2.04 bits per heavy atom. The van der Waals surface area contributed by atoms with E-state index < -0.39 is 0 Å². The second-order valence-corrected chi connectivity index (χ2v) is 6.36. The fourth-order valence-corrected chi connectivity index (χ4v) is 3.30. The minimum absolute atomic E-state index is 0.201. The van der Waals surface area contributed by atoms with Crippen molar-refractivity contribution in [3.8, 4) is 0 Å². The van der Waals surface area contributed by atoms with Crippen molar-refractivity contribution in [2.75, 3.05) is 32.0 Å². The summed E-state index contributed by atoms with van der Waals surface area (Å²) in [6.45, 7) is 4.47. The van der Waals surface area contributed by atoms with E-state index in [1.807, 2.05) is 13.0 Å². The molecule has 2 amide bonds. The first-order chi connectivity index (χ1) is 11.6. The normalized spacial score (nSPS) is 20.8.